The molecule has 0 aliphatic rings. The van der Waals surface area contributed by atoms with Crippen molar-refractivity contribution < 1.29 is 14.0 Å². The van der Waals surface area contributed by atoms with Crippen LogP contribution >= 0.6 is 0 Å². The van der Waals surface area contributed by atoms with Crippen LogP contribution in [0.25, 0.3) is 10.9 Å². The van der Waals surface area contributed by atoms with Gasteiger partial charge in [0.05, 0.1) is 30.4 Å². The van der Waals surface area contributed by atoms with Crippen molar-refractivity contribution in [2.24, 2.45) is 0 Å². The molecule has 30 heavy (non-hydrogen) atoms. The van der Waals surface area contributed by atoms with Gasteiger partial charge >= 0.3 is 0 Å². The number of aryl methyl sites for hydroxylation is 2. The Hall–Kier alpha value is -3.32. The van der Waals surface area contributed by atoms with E-state index in [1.807, 2.05) is 54.9 Å². The van der Waals surface area contributed by atoms with E-state index in [2.05, 4.69) is 27.8 Å². The molecule has 0 atom stereocenters. The van der Waals surface area contributed by atoms with E-state index >= 15 is 0 Å². The molecule has 2 aromatic heterocycles. The zero-order valence-corrected chi connectivity index (χ0v) is 17.5. The van der Waals surface area contributed by atoms with Crippen LogP contribution in [0.3, 0.4) is 0 Å². The van der Waals surface area contributed by atoms with Crippen molar-refractivity contribution in [3.8, 4) is 11.5 Å². The molecule has 1 N–H and O–H groups in total. The average molecular weight is 406 g/mol. The molecule has 0 aliphatic carbocycles. The van der Waals surface area contributed by atoms with Crippen LogP contribution in [0.15, 0.2) is 53.2 Å². The first kappa shape index (κ1) is 20.0. The molecule has 0 unspecified atom stereocenters. The third-order valence-corrected chi connectivity index (χ3v) is 5.09. The highest BCUT2D eigenvalue weighted by Crippen LogP contribution is 2.29. The van der Waals surface area contributed by atoms with Crippen molar-refractivity contribution in [2.45, 2.75) is 33.5 Å². The van der Waals surface area contributed by atoms with Gasteiger partial charge in [-0.1, -0.05) is 29.4 Å². The zero-order valence-electron chi connectivity index (χ0n) is 17.5. The summed E-state index contributed by atoms with van der Waals surface area (Å²) in [6.45, 7) is 6.56. The summed E-state index contributed by atoms with van der Waals surface area (Å²) in [5.41, 5.74) is 3.96. The molecular formula is C23H26N4O3. The Morgan fingerprint density at radius 3 is 2.73 bits per heavy atom. The molecule has 2 aromatic carbocycles. The number of aromatic nitrogens is 3. The Morgan fingerprint density at radius 1 is 1.10 bits per heavy atom. The lowest BCUT2D eigenvalue weighted by molar-refractivity contribution is 0.281. The van der Waals surface area contributed by atoms with E-state index in [0.29, 0.717) is 18.1 Å². The van der Waals surface area contributed by atoms with Crippen LogP contribution in [-0.2, 0) is 19.7 Å². The van der Waals surface area contributed by atoms with Crippen LogP contribution in [-0.4, -0.2) is 28.6 Å². The standard InChI is InChI=1S/C23H26N4O3/c1-16-20(17(2)30-26-16)15-29-22-9-8-18(12-23(22)28-3)13-24-10-11-27-14-19-6-4-5-7-21(19)25-27/h4-9,12,14,24H,10-11,13,15H2,1-3H3. The molecule has 156 valence electrons. The molecular weight excluding hydrogens is 380 g/mol. The third kappa shape index (κ3) is 4.46. The van der Waals surface area contributed by atoms with Crippen LogP contribution < -0.4 is 14.8 Å². The van der Waals surface area contributed by atoms with Crippen LogP contribution in [0.4, 0.5) is 0 Å². The first-order chi connectivity index (χ1) is 14.6. The molecule has 7 heteroatoms. The van der Waals surface area contributed by atoms with Gasteiger partial charge in [0.2, 0.25) is 0 Å². The number of ether oxygens (including phenoxy) is 2. The van der Waals surface area contributed by atoms with Gasteiger partial charge in [0, 0.05) is 24.7 Å². The quantitative estimate of drug-likeness (QED) is 0.423. The summed E-state index contributed by atoms with van der Waals surface area (Å²) in [7, 11) is 1.65. The van der Waals surface area contributed by atoms with Crippen molar-refractivity contribution in [3.63, 3.8) is 0 Å². The monoisotopic (exact) mass is 406 g/mol. The summed E-state index contributed by atoms with van der Waals surface area (Å²) in [5.74, 6) is 2.18. The van der Waals surface area contributed by atoms with Crippen molar-refractivity contribution in [2.75, 3.05) is 13.7 Å². The van der Waals surface area contributed by atoms with Gasteiger partial charge < -0.3 is 19.3 Å². The van der Waals surface area contributed by atoms with Gasteiger partial charge in [-0.3, -0.25) is 4.68 Å². The number of hydrogen-bond acceptors (Lipinski definition) is 6. The van der Waals surface area contributed by atoms with Crippen LogP contribution in [0.2, 0.25) is 0 Å². The minimum absolute atomic E-state index is 0.396. The van der Waals surface area contributed by atoms with Gasteiger partial charge in [-0.2, -0.15) is 5.10 Å². The van der Waals surface area contributed by atoms with Gasteiger partial charge in [-0.05, 0) is 37.6 Å². The van der Waals surface area contributed by atoms with Gasteiger partial charge in [-0.25, -0.2) is 0 Å². The van der Waals surface area contributed by atoms with Gasteiger partial charge in [0.15, 0.2) is 11.5 Å². The molecule has 0 aliphatic heterocycles. The number of hydrogen-bond donors (Lipinski definition) is 1. The summed E-state index contributed by atoms with van der Waals surface area (Å²) in [4.78, 5) is 0. The van der Waals surface area contributed by atoms with E-state index in [1.54, 1.807) is 7.11 Å². The summed E-state index contributed by atoms with van der Waals surface area (Å²) < 4.78 is 18.6. The largest absolute Gasteiger partial charge is 0.493 e. The zero-order chi connectivity index (χ0) is 20.9. The number of fused-ring (bicyclic) bond motifs is 1. The van der Waals surface area contributed by atoms with E-state index in [4.69, 9.17) is 14.0 Å². The highest BCUT2D eigenvalue weighted by atomic mass is 16.5. The minimum Gasteiger partial charge on any atom is -0.493 e. The van der Waals surface area contributed by atoms with E-state index in [9.17, 15) is 0 Å². The maximum Gasteiger partial charge on any atom is 0.161 e. The second kappa shape index (κ2) is 9.00. The maximum atomic E-state index is 5.94. The lowest BCUT2D eigenvalue weighted by Crippen LogP contribution is -2.19. The average Bonchev–Trinajstić information content (AvgIpc) is 3.32. The maximum absolute atomic E-state index is 5.94. The van der Waals surface area contributed by atoms with Crippen molar-refractivity contribution in [1.29, 1.82) is 0 Å². The highest BCUT2D eigenvalue weighted by molar-refractivity contribution is 5.77. The second-order valence-electron chi connectivity index (χ2n) is 7.20. The molecule has 0 bridgehead atoms. The number of rotatable bonds is 9. The molecule has 0 radical (unpaired) electrons. The van der Waals surface area contributed by atoms with Crippen molar-refractivity contribution >= 4 is 10.9 Å². The smallest absolute Gasteiger partial charge is 0.161 e. The molecule has 0 saturated carbocycles. The molecule has 4 rings (SSSR count). The summed E-state index contributed by atoms with van der Waals surface area (Å²) in [6.07, 6.45) is 2.07. The van der Waals surface area contributed by atoms with Crippen LogP contribution in [0.1, 0.15) is 22.6 Å². The first-order valence-corrected chi connectivity index (χ1v) is 9.98. The molecule has 4 aromatic rings. The minimum atomic E-state index is 0.396. The molecule has 0 fully saturated rings. The summed E-state index contributed by atoms with van der Waals surface area (Å²) in [6, 6.07) is 14.1. The number of nitrogens with one attached hydrogen (secondary N) is 1. The lowest BCUT2D eigenvalue weighted by Gasteiger charge is -2.13. The predicted molar refractivity (Wildman–Crippen MR) is 115 cm³/mol. The Balaban J connectivity index is 1.31. The van der Waals surface area contributed by atoms with Crippen molar-refractivity contribution in [3.05, 3.63) is 71.2 Å². The van der Waals surface area contributed by atoms with E-state index in [-0.39, 0.29) is 0 Å². The molecule has 0 saturated heterocycles. The molecule has 2 heterocycles. The van der Waals surface area contributed by atoms with Crippen LogP contribution in [0, 0.1) is 13.8 Å². The molecule has 0 spiro atoms. The van der Waals surface area contributed by atoms with Gasteiger partial charge in [-0.15, -0.1) is 0 Å². The number of methoxy groups -OCH3 is 1. The van der Waals surface area contributed by atoms with E-state index < -0.39 is 0 Å². The third-order valence-electron chi connectivity index (χ3n) is 5.09. The Labute approximate surface area is 175 Å². The highest BCUT2D eigenvalue weighted by Gasteiger charge is 2.12. The van der Waals surface area contributed by atoms with Gasteiger partial charge in [0.1, 0.15) is 12.4 Å². The number of nitrogens with zero attached hydrogens (tertiary/aromatic N) is 3. The van der Waals surface area contributed by atoms with E-state index in [1.165, 1.54) is 0 Å². The summed E-state index contributed by atoms with van der Waals surface area (Å²) in [5, 5.41) is 13.2. The van der Waals surface area contributed by atoms with Crippen LogP contribution in [0.5, 0.6) is 11.5 Å². The second-order valence-corrected chi connectivity index (χ2v) is 7.20. The lowest BCUT2D eigenvalue weighted by atomic mass is 10.2. The first-order valence-electron chi connectivity index (χ1n) is 9.98. The fraction of sp³-hybridized carbons (Fsp3) is 0.304. The van der Waals surface area contributed by atoms with E-state index in [0.717, 1.165) is 53.1 Å². The molecule has 7 nitrogen and oxygen atoms in total. The predicted octanol–water partition coefficient (Wildman–Crippen LogP) is 4.02. The Morgan fingerprint density at radius 2 is 1.97 bits per heavy atom. The SMILES string of the molecule is COc1cc(CNCCn2cc3ccccc3n2)ccc1OCc1c(C)noc1C. The summed E-state index contributed by atoms with van der Waals surface area (Å²) >= 11 is 0. The fourth-order valence-electron chi connectivity index (χ4n) is 3.36. The Kier molecular flexibility index (Phi) is 5.99. The topological polar surface area (TPSA) is 74.3 Å². The van der Waals surface area contributed by atoms with Gasteiger partial charge in [0.25, 0.3) is 0 Å². The molecule has 0 amide bonds. The Bertz CT molecular complexity index is 1080. The fourth-order valence-corrected chi connectivity index (χ4v) is 3.36. The van der Waals surface area contributed by atoms with Crippen molar-refractivity contribution in [1.82, 2.24) is 20.3 Å². The number of benzene rings is 2. The normalized spacial score (nSPS) is 11.2.